The summed E-state index contributed by atoms with van der Waals surface area (Å²) in [6.45, 7) is -0.152. The van der Waals surface area contributed by atoms with Crippen molar-refractivity contribution in [3.63, 3.8) is 0 Å². The first-order chi connectivity index (χ1) is 38.3. The molecule has 20 heteroatoms. The van der Waals surface area contributed by atoms with E-state index in [-0.39, 0.29) is 77.0 Å². The zero-order valence-electron chi connectivity index (χ0n) is 44.3. The molecule has 0 aromatic heterocycles. The molecule has 18 nitrogen and oxygen atoms in total. The molecule has 0 aliphatic heterocycles. The second-order valence-corrected chi connectivity index (χ2v) is 20.2. The number of carbonyl (C=O) groups excluding carboxylic acids is 7. The standard InChI is InChI=1S/C59H71FN5O13P/c60-50-33-31-49(32-34-50)57(70)62-38-18-5-15-29-53(66)61-37-17-6-16-30-54(67)65-52(59(72)76-43-47-24-11-3-12-25-47)35-36-55(68)64-51(58(71)75-42-46-22-9-2-10-23-46)28-19-39-77-79(73,78-44-48-26-13-4-14-27-48)63-40-56(69)74-41-45-20-7-1-8-21-45/h1-4,7-14,20-27,31-34,51-52H,5-6,15-19,28-30,35-44H2,(H,61,66)(H,62,70)(H,63,73)(H,64,68)(H,65,67). The second kappa shape index (κ2) is 35.8. The van der Waals surface area contributed by atoms with Gasteiger partial charge in [-0.15, -0.1) is 0 Å². The molecule has 5 aromatic rings. The molecular weight excluding hydrogens is 1040 g/mol. The molecule has 0 fully saturated rings. The molecule has 0 aliphatic carbocycles. The minimum absolute atomic E-state index is 0.00319. The summed E-state index contributed by atoms with van der Waals surface area (Å²) in [6.07, 6.45) is 3.69. The highest BCUT2D eigenvalue weighted by atomic mass is 31.2. The van der Waals surface area contributed by atoms with E-state index in [4.69, 9.17) is 23.3 Å². The minimum Gasteiger partial charge on any atom is -0.460 e. The van der Waals surface area contributed by atoms with Crippen molar-refractivity contribution >= 4 is 49.3 Å². The Morgan fingerprint density at radius 1 is 0.456 bits per heavy atom. The molecule has 5 aromatic carbocycles. The largest absolute Gasteiger partial charge is 0.460 e. The van der Waals surface area contributed by atoms with Gasteiger partial charge in [0.15, 0.2) is 0 Å². The van der Waals surface area contributed by atoms with Crippen LogP contribution in [0.15, 0.2) is 146 Å². The fraction of sp³-hybridized carbons (Fsp3) is 0.373. The summed E-state index contributed by atoms with van der Waals surface area (Å²) in [4.78, 5) is 91.2. The number of esters is 3. The van der Waals surface area contributed by atoms with E-state index in [0.717, 1.165) is 12.0 Å². The number of benzene rings is 5. The molecule has 0 bridgehead atoms. The number of rotatable bonds is 37. The SMILES string of the molecule is O=C(CCCCCNC(=O)c1ccc(F)cc1)NCCCCCC(=O)NC(CCC(=O)NC(CCCOP(=O)(NCC(=O)OCc1ccccc1)OCc1ccccc1)C(=O)OCc1ccccc1)C(=O)OCc1ccccc1. The van der Waals surface area contributed by atoms with Gasteiger partial charge in [-0.1, -0.05) is 134 Å². The van der Waals surface area contributed by atoms with Crippen molar-refractivity contribution in [2.75, 3.05) is 26.2 Å². The Kier molecular flexibility index (Phi) is 28.2. The van der Waals surface area contributed by atoms with Crippen molar-refractivity contribution < 1.29 is 65.8 Å². The maximum atomic E-state index is 14.0. The summed E-state index contributed by atoms with van der Waals surface area (Å²) in [7, 11) is -4.16. The number of amides is 4. The van der Waals surface area contributed by atoms with Crippen LogP contribution >= 0.6 is 7.75 Å². The van der Waals surface area contributed by atoms with Crippen LogP contribution in [0.25, 0.3) is 0 Å². The van der Waals surface area contributed by atoms with Crippen LogP contribution in [0.2, 0.25) is 0 Å². The first-order valence-corrected chi connectivity index (χ1v) is 28.1. The van der Waals surface area contributed by atoms with Crippen molar-refractivity contribution in [1.82, 2.24) is 26.4 Å². The van der Waals surface area contributed by atoms with E-state index in [0.29, 0.717) is 73.9 Å². The Bertz CT molecular complexity index is 2690. The Morgan fingerprint density at radius 3 is 1.44 bits per heavy atom. The number of nitrogens with one attached hydrogen (secondary N) is 5. The lowest BCUT2D eigenvalue weighted by molar-refractivity contribution is -0.150. The normalized spacial score (nSPS) is 12.4. The molecule has 5 rings (SSSR count). The average Bonchev–Trinajstić information content (AvgIpc) is 3.47. The summed E-state index contributed by atoms with van der Waals surface area (Å²) in [5.41, 5.74) is 3.25. The van der Waals surface area contributed by atoms with Gasteiger partial charge >= 0.3 is 25.7 Å². The molecule has 0 radical (unpaired) electrons. The topological polar surface area (TPSA) is 243 Å². The summed E-state index contributed by atoms with van der Waals surface area (Å²) in [5, 5.41) is 13.6. The van der Waals surface area contributed by atoms with Gasteiger partial charge in [0.1, 0.15) is 44.3 Å². The molecule has 3 unspecified atom stereocenters. The van der Waals surface area contributed by atoms with E-state index < -0.39 is 61.9 Å². The van der Waals surface area contributed by atoms with Crippen molar-refractivity contribution in [2.45, 2.75) is 116 Å². The maximum Gasteiger partial charge on any atom is 0.406 e. The highest BCUT2D eigenvalue weighted by Gasteiger charge is 2.29. The first-order valence-electron chi connectivity index (χ1n) is 26.5. The highest BCUT2D eigenvalue weighted by molar-refractivity contribution is 7.51. The molecule has 0 saturated carbocycles. The van der Waals surface area contributed by atoms with Crippen LogP contribution in [0.5, 0.6) is 0 Å². The predicted molar refractivity (Wildman–Crippen MR) is 293 cm³/mol. The molecule has 79 heavy (non-hydrogen) atoms. The van der Waals surface area contributed by atoms with Gasteiger partial charge in [0.25, 0.3) is 5.91 Å². The molecule has 0 aliphatic rings. The molecule has 0 saturated heterocycles. The first kappa shape index (κ1) is 62.3. The average molecular weight is 1110 g/mol. The van der Waals surface area contributed by atoms with Crippen LogP contribution in [0, 0.1) is 5.82 Å². The number of hydrogen-bond acceptors (Lipinski definition) is 13. The van der Waals surface area contributed by atoms with Gasteiger partial charge in [0.2, 0.25) is 17.7 Å². The molecule has 0 spiro atoms. The third-order valence-electron chi connectivity index (χ3n) is 12.0. The Balaban J connectivity index is 1.09. The number of ether oxygens (including phenoxy) is 3. The zero-order valence-corrected chi connectivity index (χ0v) is 45.2. The molecule has 0 heterocycles. The molecule has 5 N–H and O–H groups in total. The van der Waals surface area contributed by atoms with Gasteiger partial charge < -0.3 is 35.5 Å². The number of unbranched alkanes of at least 4 members (excludes halogenated alkanes) is 4. The Morgan fingerprint density at radius 2 is 0.911 bits per heavy atom. The number of hydrogen-bond donors (Lipinski definition) is 5. The third kappa shape index (κ3) is 26.1. The second-order valence-electron chi connectivity index (χ2n) is 18.4. The van der Waals surface area contributed by atoms with Gasteiger partial charge in [0.05, 0.1) is 13.2 Å². The predicted octanol–water partition coefficient (Wildman–Crippen LogP) is 8.48. The Labute approximate surface area is 460 Å². The van der Waals surface area contributed by atoms with Gasteiger partial charge in [-0.3, -0.25) is 33.0 Å². The van der Waals surface area contributed by atoms with Crippen LogP contribution in [0.3, 0.4) is 0 Å². The molecule has 4 amide bonds. The fourth-order valence-corrected chi connectivity index (χ4v) is 8.91. The molecular formula is C59H71FN5O13P. The van der Waals surface area contributed by atoms with Crippen LogP contribution in [0.4, 0.5) is 4.39 Å². The van der Waals surface area contributed by atoms with Crippen molar-refractivity contribution in [3.05, 3.63) is 179 Å². The Hall–Kier alpha value is -7.57. The lowest BCUT2D eigenvalue weighted by Crippen LogP contribution is -2.45. The van der Waals surface area contributed by atoms with Gasteiger partial charge in [-0.2, -0.15) is 0 Å². The quantitative estimate of drug-likeness (QED) is 0.0108. The molecule has 422 valence electrons. The number of halogens is 1. The molecule has 3 atom stereocenters. The number of carbonyl (C=O) groups is 7. The highest BCUT2D eigenvalue weighted by Crippen LogP contribution is 2.44. The maximum absolute atomic E-state index is 14.0. The summed E-state index contributed by atoms with van der Waals surface area (Å²) in [5.74, 6) is -4.08. The van der Waals surface area contributed by atoms with E-state index in [9.17, 15) is 42.5 Å². The zero-order chi connectivity index (χ0) is 56.3. The van der Waals surface area contributed by atoms with Gasteiger partial charge in [0, 0.05) is 37.9 Å². The van der Waals surface area contributed by atoms with Crippen molar-refractivity contribution in [1.29, 1.82) is 0 Å². The van der Waals surface area contributed by atoms with E-state index >= 15 is 0 Å². The summed E-state index contributed by atoms with van der Waals surface area (Å²) < 4.78 is 55.1. The van der Waals surface area contributed by atoms with Gasteiger partial charge in [-0.25, -0.2) is 23.6 Å². The third-order valence-corrected chi connectivity index (χ3v) is 13.6. The van der Waals surface area contributed by atoms with Crippen molar-refractivity contribution in [3.8, 4) is 0 Å². The smallest absolute Gasteiger partial charge is 0.406 e. The van der Waals surface area contributed by atoms with Crippen LogP contribution in [0.1, 0.15) is 110 Å². The minimum atomic E-state index is -4.16. The van der Waals surface area contributed by atoms with Crippen molar-refractivity contribution in [2.24, 2.45) is 0 Å². The van der Waals surface area contributed by atoms with E-state index in [1.807, 2.05) is 36.4 Å². The van der Waals surface area contributed by atoms with Crippen LogP contribution < -0.4 is 26.4 Å². The van der Waals surface area contributed by atoms with Gasteiger partial charge in [-0.05, 0) is 91.5 Å². The fourth-order valence-electron chi connectivity index (χ4n) is 7.65. The lowest BCUT2D eigenvalue weighted by atomic mass is 10.1. The van der Waals surface area contributed by atoms with E-state index in [1.165, 1.54) is 24.3 Å². The monoisotopic (exact) mass is 1110 g/mol. The van der Waals surface area contributed by atoms with Crippen LogP contribution in [-0.2, 0) is 83.0 Å². The van der Waals surface area contributed by atoms with Crippen LogP contribution in [-0.4, -0.2) is 79.9 Å². The summed E-state index contributed by atoms with van der Waals surface area (Å²) >= 11 is 0. The van der Waals surface area contributed by atoms with E-state index in [2.05, 4.69) is 26.4 Å². The summed E-state index contributed by atoms with van der Waals surface area (Å²) in [6, 6.07) is 38.7. The lowest BCUT2D eigenvalue weighted by Gasteiger charge is -2.21. The van der Waals surface area contributed by atoms with E-state index in [1.54, 1.807) is 84.9 Å².